The Morgan fingerprint density at radius 2 is 1.97 bits per heavy atom. The number of aryl methyl sites for hydroxylation is 2. The molecule has 0 saturated carbocycles. The van der Waals surface area contributed by atoms with E-state index < -0.39 is 10.0 Å². The summed E-state index contributed by atoms with van der Waals surface area (Å²) in [6.45, 7) is 4.10. The Labute approximate surface area is 185 Å². The predicted octanol–water partition coefficient (Wildman–Crippen LogP) is 5.39. The monoisotopic (exact) mass is 446 g/mol. The van der Waals surface area contributed by atoms with E-state index in [0.717, 1.165) is 41.6 Å². The number of sulfonamides is 1. The van der Waals surface area contributed by atoms with Crippen LogP contribution in [0, 0.1) is 12.8 Å². The van der Waals surface area contributed by atoms with Crippen molar-refractivity contribution in [2.45, 2.75) is 38.0 Å². The van der Waals surface area contributed by atoms with Gasteiger partial charge in [-0.05, 0) is 61.6 Å². The summed E-state index contributed by atoms with van der Waals surface area (Å²) in [6.07, 6.45) is 2.96. The predicted molar refractivity (Wildman–Crippen MR) is 125 cm³/mol. The van der Waals surface area contributed by atoms with Crippen LogP contribution < -0.4 is 10.0 Å². The van der Waals surface area contributed by atoms with Gasteiger partial charge < -0.3 is 9.73 Å². The van der Waals surface area contributed by atoms with Crippen molar-refractivity contribution in [3.8, 4) is 0 Å². The number of carbonyl (C=O) groups is 1. The summed E-state index contributed by atoms with van der Waals surface area (Å²) in [5.41, 5.74) is 4.45. The van der Waals surface area contributed by atoms with E-state index in [1.165, 1.54) is 5.56 Å². The van der Waals surface area contributed by atoms with Crippen LogP contribution >= 0.6 is 0 Å². The molecule has 162 valence electrons. The minimum absolute atomic E-state index is 0.150. The summed E-state index contributed by atoms with van der Waals surface area (Å²) in [5.74, 6) is 1.38. The highest BCUT2D eigenvalue weighted by Gasteiger charge is 2.27. The molecule has 3 aromatic carbocycles. The second-order valence-corrected chi connectivity index (χ2v) is 10.6. The third kappa shape index (κ3) is 2.77. The molecule has 2 aliphatic rings. The number of hydrogen-bond acceptors (Lipinski definition) is 4. The first-order valence-electron chi connectivity index (χ1n) is 10.8. The second-order valence-electron chi connectivity index (χ2n) is 8.91. The van der Waals surface area contributed by atoms with Crippen molar-refractivity contribution < 1.29 is 17.6 Å². The SMILES string of the molecule is Cc1cc2oc3c(c2cc1NS(=O)(=O)c1ccc2c4c(cccc14)C(=O)N2)CC(C)CC3. The fraction of sp³-hybridized carbons (Fsp3) is 0.240. The molecule has 1 unspecified atom stereocenters. The highest BCUT2D eigenvalue weighted by atomic mass is 32.2. The summed E-state index contributed by atoms with van der Waals surface area (Å²) >= 11 is 0. The van der Waals surface area contributed by atoms with Crippen LogP contribution in [0.4, 0.5) is 11.4 Å². The van der Waals surface area contributed by atoms with Crippen molar-refractivity contribution in [1.82, 2.24) is 0 Å². The van der Waals surface area contributed by atoms with Gasteiger partial charge in [-0.3, -0.25) is 9.52 Å². The largest absolute Gasteiger partial charge is 0.461 e. The topological polar surface area (TPSA) is 88.4 Å². The minimum Gasteiger partial charge on any atom is -0.461 e. The quantitative estimate of drug-likeness (QED) is 0.442. The molecule has 32 heavy (non-hydrogen) atoms. The van der Waals surface area contributed by atoms with Crippen molar-refractivity contribution >= 4 is 49.0 Å². The molecule has 0 spiro atoms. The zero-order chi connectivity index (χ0) is 22.2. The minimum atomic E-state index is -3.89. The van der Waals surface area contributed by atoms with E-state index in [0.29, 0.717) is 33.6 Å². The van der Waals surface area contributed by atoms with Crippen LogP contribution in [0.3, 0.4) is 0 Å². The Kier molecular flexibility index (Phi) is 3.99. The molecule has 0 fully saturated rings. The lowest BCUT2D eigenvalue weighted by atomic mass is 9.88. The number of carbonyl (C=O) groups excluding carboxylic acids is 1. The standard InChI is InChI=1S/C25H22N2O4S/c1-13-6-8-21-17(10-13)18-12-20(14(2)11-22(18)31-21)27-32(29,30)23-9-7-19-24-15(23)4-3-5-16(24)25(28)26-19/h3-5,7,9,11-13,27H,6,8,10H2,1-2H3,(H,26,28). The molecule has 1 aromatic heterocycles. The first-order chi connectivity index (χ1) is 15.3. The van der Waals surface area contributed by atoms with E-state index in [1.807, 2.05) is 19.1 Å². The van der Waals surface area contributed by atoms with Crippen LogP contribution in [0.15, 0.2) is 51.8 Å². The van der Waals surface area contributed by atoms with Gasteiger partial charge in [-0.15, -0.1) is 0 Å². The number of amides is 1. The van der Waals surface area contributed by atoms with Crippen molar-refractivity contribution in [3.63, 3.8) is 0 Å². The van der Waals surface area contributed by atoms with Gasteiger partial charge in [0.2, 0.25) is 0 Å². The molecule has 0 saturated heterocycles. The molecular formula is C25H22N2O4S. The van der Waals surface area contributed by atoms with Gasteiger partial charge in [-0.25, -0.2) is 8.42 Å². The lowest BCUT2D eigenvalue weighted by Crippen LogP contribution is -2.14. The Balaban J connectivity index is 1.47. The van der Waals surface area contributed by atoms with Gasteiger partial charge in [-0.1, -0.05) is 19.1 Å². The van der Waals surface area contributed by atoms with Crippen molar-refractivity contribution in [2.75, 3.05) is 10.0 Å². The van der Waals surface area contributed by atoms with Gasteiger partial charge in [0.05, 0.1) is 10.6 Å². The number of furan rings is 1. The van der Waals surface area contributed by atoms with E-state index in [9.17, 15) is 13.2 Å². The maximum Gasteiger partial charge on any atom is 0.262 e. The Morgan fingerprint density at radius 1 is 1.12 bits per heavy atom. The van der Waals surface area contributed by atoms with Crippen LogP contribution in [-0.2, 0) is 22.9 Å². The maximum absolute atomic E-state index is 13.5. The number of fused-ring (bicyclic) bond motifs is 3. The molecule has 6 nitrogen and oxygen atoms in total. The van der Waals surface area contributed by atoms with Crippen molar-refractivity contribution in [3.05, 3.63) is 64.9 Å². The van der Waals surface area contributed by atoms with Crippen LogP contribution in [0.1, 0.15) is 40.6 Å². The number of anilines is 2. The maximum atomic E-state index is 13.5. The third-order valence-corrected chi connectivity index (χ3v) is 8.09. The number of nitrogens with one attached hydrogen (secondary N) is 2. The average molecular weight is 447 g/mol. The normalized spacial score (nSPS) is 17.6. The zero-order valence-electron chi connectivity index (χ0n) is 17.8. The molecule has 0 radical (unpaired) electrons. The molecule has 0 bridgehead atoms. The van der Waals surface area contributed by atoms with Gasteiger partial charge in [-0.2, -0.15) is 0 Å². The van der Waals surface area contributed by atoms with Crippen molar-refractivity contribution in [1.29, 1.82) is 0 Å². The van der Waals surface area contributed by atoms with Gasteiger partial charge in [0.15, 0.2) is 0 Å². The molecule has 1 aliphatic heterocycles. The number of rotatable bonds is 3. The van der Waals surface area contributed by atoms with E-state index in [-0.39, 0.29) is 10.8 Å². The molecule has 4 aromatic rings. The first-order valence-corrected chi connectivity index (χ1v) is 12.2. The summed E-state index contributed by atoms with van der Waals surface area (Å²) in [7, 11) is -3.89. The van der Waals surface area contributed by atoms with E-state index >= 15 is 0 Å². The van der Waals surface area contributed by atoms with E-state index in [4.69, 9.17) is 4.42 Å². The molecule has 2 N–H and O–H groups in total. The van der Waals surface area contributed by atoms with Crippen LogP contribution in [0.25, 0.3) is 21.7 Å². The van der Waals surface area contributed by atoms with Gasteiger partial charge >= 0.3 is 0 Å². The lowest BCUT2D eigenvalue weighted by Gasteiger charge is -2.17. The van der Waals surface area contributed by atoms with Crippen LogP contribution in [0.2, 0.25) is 0 Å². The highest BCUT2D eigenvalue weighted by molar-refractivity contribution is 7.93. The Hall–Kier alpha value is -3.32. The van der Waals surface area contributed by atoms with Gasteiger partial charge in [0.25, 0.3) is 15.9 Å². The highest BCUT2D eigenvalue weighted by Crippen LogP contribution is 2.39. The molecule has 2 heterocycles. The first kappa shape index (κ1) is 19.4. The lowest BCUT2D eigenvalue weighted by molar-refractivity contribution is 0.103. The molecule has 6 rings (SSSR count). The fourth-order valence-corrected chi connectivity index (χ4v) is 6.33. The average Bonchev–Trinajstić information content (AvgIpc) is 3.26. The molecule has 7 heteroatoms. The smallest absolute Gasteiger partial charge is 0.262 e. The van der Waals surface area contributed by atoms with Crippen LogP contribution in [-0.4, -0.2) is 14.3 Å². The summed E-state index contributed by atoms with van der Waals surface area (Å²) < 4.78 is 35.8. The molecular weight excluding hydrogens is 424 g/mol. The third-order valence-electron chi connectivity index (χ3n) is 6.67. The summed E-state index contributed by atoms with van der Waals surface area (Å²) in [5, 5.41) is 4.94. The summed E-state index contributed by atoms with van der Waals surface area (Å²) in [6, 6.07) is 12.2. The number of hydrogen-bond donors (Lipinski definition) is 2. The Morgan fingerprint density at radius 3 is 2.81 bits per heavy atom. The second kappa shape index (κ2) is 6.59. The number of benzene rings is 3. The van der Waals surface area contributed by atoms with E-state index in [1.54, 1.807) is 30.3 Å². The molecule has 1 amide bonds. The van der Waals surface area contributed by atoms with E-state index in [2.05, 4.69) is 17.0 Å². The Bertz CT molecular complexity index is 1570. The molecule has 1 aliphatic carbocycles. The summed E-state index contributed by atoms with van der Waals surface area (Å²) in [4.78, 5) is 12.3. The fourth-order valence-electron chi connectivity index (χ4n) is 5.01. The van der Waals surface area contributed by atoms with Crippen molar-refractivity contribution in [2.24, 2.45) is 5.92 Å². The van der Waals surface area contributed by atoms with Gasteiger partial charge in [0.1, 0.15) is 11.3 Å². The van der Waals surface area contributed by atoms with Crippen LogP contribution in [0.5, 0.6) is 0 Å². The van der Waals surface area contributed by atoms with Gasteiger partial charge in [0, 0.05) is 39.4 Å². The molecule has 1 atom stereocenters. The zero-order valence-corrected chi connectivity index (χ0v) is 18.6.